The Labute approximate surface area is 160 Å². The van der Waals surface area contributed by atoms with Gasteiger partial charge < -0.3 is 20.4 Å². The van der Waals surface area contributed by atoms with Crippen LogP contribution in [0.5, 0.6) is 0 Å². The topological polar surface area (TPSA) is 64.7 Å². The highest BCUT2D eigenvalue weighted by Gasteiger charge is 2.21. The van der Waals surface area contributed by atoms with Gasteiger partial charge in [0.05, 0.1) is 0 Å². The molecule has 0 atom stereocenters. The van der Waals surface area contributed by atoms with Crippen molar-refractivity contribution in [2.75, 3.05) is 41.7 Å². The fourth-order valence-corrected chi connectivity index (χ4v) is 3.17. The molecule has 1 aliphatic heterocycles. The minimum atomic E-state index is -0.0833. The van der Waals surface area contributed by atoms with Gasteiger partial charge in [0.25, 0.3) is 0 Å². The van der Waals surface area contributed by atoms with Crippen LogP contribution in [0, 0.1) is 13.8 Å². The minimum Gasteiger partial charge on any atom is -0.368 e. The van der Waals surface area contributed by atoms with Crippen molar-refractivity contribution in [1.82, 2.24) is 4.90 Å². The molecular weight excluding hydrogens is 340 g/mol. The summed E-state index contributed by atoms with van der Waals surface area (Å²) < 4.78 is 0. The summed E-state index contributed by atoms with van der Waals surface area (Å²) in [4.78, 5) is 27.8. The van der Waals surface area contributed by atoms with Crippen LogP contribution in [0.1, 0.15) is 18.1 Å². The van der Waals surface area contributed by atoms with Gasteiger partial charge in [-0.1, -0.05) is 12.1 Å². The Balaban J connectivity index is 1.57. The molecule has 2 aromatic rings. The zero-order valence-corrected chi connectivity index (χ0v) is 16.1. The first-order valence-corrected chi connectivity index (χ1v) is 9.18. The predicted molar refractivity (Wildman–Crippen MR) is 109 cm³/mol. The van der Waals surface area contributed by atoms with E-state index in [9.17, 15) is 9.59 Å². The second kappa shape index (κ2) is 8.12. The predicted octanol–water partition coefficient (Wildman–Crippen LogP) is 3.62. The van der Waals surface area contributed by atoms with Gasteiger partial charge in [-0.15, -0.1) is 0 Å². The number of anilines is 3. The molecule has 1 aliphatic rings. The molecule has 2 N–H and O–H groups in total. The molecule has 142 valence electrons. The summed E-state index contributed by atoms with van der Waals surface area (Å²) in [7, 11) is 0. The molecule has 1 heterocycles. The summed E-state index contributed by atoms with van der Waals surface area (Å²) >= 11 is 0. The van der Waals surface area contributed by atoms with Crippen LogP contribution in [0.3, 0.4) is 0 Å². The summed E-state index contributed by atoms with van der Waals surface area (Å²) in [6.07, 6.45) is 0. The van der Waals surface area contributed by atoms with E-state index in [-0.39, 0.29) is 11.9 Å². The van der Waals surface area contributed by atoms with Gasteiger partial charge >= 0.3 is 6.03 Å². The van der Waals surface area contributed by atoms with Crippen molar-refractivity contribution in [3.05, 3.63) is 53.6 Å². The number of amides is 3. The fraction of sp³-hybridized carbons (Fsp3) is 0.333. The van der Waals surface area contributed by atoms with Gasteiger partial charge in [0.1, 0.15) is 0 Å². The first-order valence-electron chi connectivity index (χ1n) is 9.18. The van der Waals surface area contributed by atoms with Crippen molar-refractivity contribution >= 4 is 29.0 Å². The first kappa shape index (κ1) is 18.8. The molecule has 0 spiro atoms. The average molecular weight is 366 g/mol. The maximum Gasteiger partial charge on any atom is 0.321 e. The molecule has 0 unspecified atom stereocenters. The molecule has 3 rings (SSSR count). The van der Waals surface area contributed by atoms with Crippen molar-refractivity contribution in [2.45, 2.75) is 20.8 Å². The molecule has 0 aliphatic carbocycles. The molecule has 1 saturated heterocycles. The molecule has 0 aromatic heterocycles. The summed E-state index contributed by atoms with van der Waals surface area (Å²) in [6, 6.07) is 13.7. The molecule has 6 heteroatoms. The van der Waals surface area contributed by atoms with E-state index in [1.165, 1.54) is 12.5 Å². The van der Waals surface area contributed by atoms with Crippen LogP contribution < -0.4 is 15.5 Å². The van der Waals surface area contributed by atoms with Crippen molar-refractivity contribution < 1.29 is 9.59 Å². The molecule has 1 fully saturated rings. The Morgan fingerprint density at radius 2 is 1.56 bits per heavy atom. The third-order valence-corrected chi connectivity index (χ3v) is 4.86. The van der Waals surface area contributed by atoms with Crippen LogP contribution in [0.15, 0.2) is 42.5 Å². The van der Waals surface area contributed by atoms with Crippen LogP contribution in [0.25, 0.3) is 0 Å². The van der Waals surface area contributed by atoms with Crippen LogP contribution in [0.2, 0.25) is 0 Å². The average Bonchev–Trinajstić information content (AvgIpc) is 2.64. The van der Waals surface area contributed by atoms with Crippen molar-refractivity contribution in [2.24, 2.45) is 0 Å². The number of benzene rings is 2. The van der Waals surface area contributed by atoms with Crippen molar-refractivity contribution in [3.8, 4) is 0 Å². The zero-order chi connectivity index (χ0) is 19.4. The lowest BCUT2D eigenvalue weighted by Crippen LogP contribution is -2.50. The first-order chi connectivity index (χ1) is 12.9. The Hall–Kier alpha value is -3.02. The number of nitrogens with one attached hydrogen (secondary N) is 2. The lowest BCUT2D eigenvalue weighted by atomic mass is 10.1. The number of hydrogen-bond donors (Lipinski definition) is 2. The second-order valence-corrected chi connectivity index (χ2v) is 6.93. The SMILES string of the molecule is CC(=O)Nc1cccc(N2CCN(C(=O)Nc3ccc(C)c(C)c3)CC2)c1. The van der Waals surface area contributed by atoms with Gasteiger partial charge in [0, 0.05) is 50.2 Å². The van der Waals surface area contributed by atoms with Gasteiger partial charge in [0.15, 0.2) is 0 Å². The Kier molecular flexibility index (Phi) is 5.64. The molecule has 6 nitrogen and oxygen atoms in total. The third kappa shape index (κ3) is 4.78. The normalized spacial score (nSPS) is 14.0. The van der Waals surface area contributed by atoms with Crippen LogP contribution >= 0.6 is 0 Å². The second-order valence-electron chi connectivity index (χ2n) is 6.93. The highest BCUT2D eigenvalue weighted by molar-refractivity contribution is 5.90. The minimum absolute atomic E-state index is 0.0649. The van der Waals surface area contributed by atoms with E-state index in [2.05, 4.69) is 22.5 Å². The Morgan fingerprint density at radius 3 is 2.22 bits per heavy atom. The fourth-order valence-electron chi connectivity index (χ4n) is 3.17. The highest BCUT2D eigenvalue weighted by atomic mass is 16.2. The summed E-state index contributed by atoms with van der Waals surface area (Å²) in [5, 5.41) is 5.79. The molecule has 0 bridgehead atoms. The van der Waals surface area contributed by atoms with Gasteiger partial charge in [-0.2, -0.15) is 0 Å². The molecule has 3 amide bonds. The van der Waals surface area contributed by atoms with Crippen molar-refractivity contribution in [1.29, 1.82) is 0 Å². The van der Waals surface area contributed by atoms with Crippen molar-refractivity contribution in [3.63, 3.8) is 0 Å². The molecule has 2 aromatic carbocycles. The van der Waals surface area contributed by atoms with Crippen LogP contribution in [0.4, 0.5) is 21.9 Å². The smallest absolute Gasteiger partial charge is 0.321 e. The Morgan fingerprint density at radius 1 is 0.852 bits per heavy atom. The maximum absolute atomic E-state index is 12.5. The molecule has 0 radical (unpaired) electrons. The van der Waals surface area contributed by atoms with Gasteiger partial charge in [0.2, 0.25) is 5.91 Å². The van der Waals surface area contributed by atoms with Gasteiger partial charge in [-0.3, -0.25) is 4.79 Å². The maximum atomic E-state index is 12.5. The van der Waals surface area contributed by atoms with E-state index >= 15 is 0 Å². The van der Waals surface area contributed by atoms with E-state index in [4.69, 9.17) is 0 Å². The summed E-state index contributed by atoms with van der Waals surface area (Å²) in [6.45, 7) is 8.41. The third-order valence-electron chi connectivity index (χ3n) is 4.86. The zero-order valence-electron chi connectivity index (χ0n) is 16.1. The standard InChI is InChI=1S/C21H26N4O2/c1-15-7-8-19(13-16(15)2)23-21(27)25-11-9-24(10-12-25)20-6-4-5-18(14-20)22-17(3)26/h4-8,13-14H,9-12H2,1-3H3,(H,22,26)(H,23,27). The molecule has 0 saturated carbocycles. The number of piperazine rings is 1. The summed E-state index contributed by atoms with van der Waals surface area (Å²) in [5.74, 6) is -0.0833. The number of rotatable bonds is 3. The van der Waals surface area contributed by atoms with E-state index in [1.807, 2.05) is 54.3 Å². The largest absolute Gasteiger partial charge is 0.368 e. The number of nitrogens with zero attached hydrogens (tertiary/aromatic N) is 2. The number of carbonyl (C=O) groups is 2. The quantitative estimate of drug-likeness (QED) is 0.872. The van der Waals surface area contributed by atoms with Crippen LogP contribution in [-0.2, 0) is 4.79 Å². The van der Waals surface area contributed by atoms with Gasteiger partial charge in [-0.05, 0) is 55.3 Å². The summed E-state index contributed by atoms with van der Waals surface area (Å²) in [5.41, 5.74) is 5.04. The molecular formula is C21H26N4O2. The lowest BCUT2D eigenvalue weighted by molar-refractivity contribution is -0.114. The van der Waals surface area contributed by atoms with E-state index in [1.54, 1.807) is 0 Å². The monoisotopic (exact) mass is 366 g/mol. The number of aryl methyl sites for hydroxylation is 2. The lowest BCUT2D eigenvalue weighted by Gasteiger charge is -2.36. The highest BCUT2D eigenvalue weighted by Crippen LogP contribution is 2.21. The van der Waals surface area contributed by atoms with Gasteiger partial charge in [-0.25, -0.2) is 4.79 Å². The van der Waals surface area contributed by atoms with E-state index < -0.39 is 0 Å². The Bertz CT molecular complexity index is 842. The van der Waals surface area contributed by atoms with Crippen LogP contribution in [-0.4, -0.2) is 43.0 Å². The number of hydrogen-bond acceptors (Lipinski definition) is 3. The van der Waals surface area contributed by atoms with E-state index in [0.29, 0.717) is 13.1 Å². The number of carbonyl (C=O) groups excluding carboxylic acids is 2. The van der Waals surface area contributed by atoms with E-state index in [0.717, 1.165) is 35.7 Å². The molecule has 27 heavy (non-hydrogen) atoms. The number of urea groups is 1.